The van der Waals surface area contributed by atoms with Crippen LogP contribution in [0.3, 0.4) is 0 Å². The predicted octanol–water partition coefficient (Wildman–Crippen LogP) is 3.05. The molecule has 3 rings (SSSR count). The minimum absolute atomic E-state index is 0.248. The summed E-state index contributed by atoms with van der Waals surface area (Å²) in [6.45, 7) is 0. The molecule has 1 heterocycles. The Balaban J connectivity index is 1.90. The molecule has 0 aliphatic rings. The van der Waals surface area contributed by atoms with Gasteiger partial charge in [-0.25, -0.2) is 4.39 Å². The summed E-state index contributed by atoms with van der Waals surface area (Å²) < 4.78 is 18.4. The minimum atomic E-state index is -0.376. The van der Waals surface area contributed by atoms with Crippen molar-refractivity contribution in [3.05, 3.63) is 76.5 Å². The molecule has 0 spiro atoms. The van der Waals surface area contributed by atoms with Crippen LogP contribution in [-0.4, -0.2) is 12.1 Å². The van der Waals surface area contributed by atoms with E-state index in [0.717, 1.165) is 11.4 Å². The molecule has 0 radical (unpaired) electrons. The normalized spacial score (nSPS) is 11.5. The molecule has 0 fully saturated rings. The molecule has 2 aromatic carbocycles. The number of benzene rings is 2. The molecule has 0 atom stereocenters. The highest BCUT2D eigenvalue weighted by molar-refractivity contribution is 5.82. The van der Waals surface area contributed by atoms with E-state index in [1.807, 2.05) is 12.1 Å². The molecule has 0 saturated carbocycles. The molecule has 122 valence electrons. The summed E-state index contributed by atoms with van der Waals surface area (Å²) in [5, 5.41) is 3.59. The van der Waals surface area contributed by atoms with E-state index in [9.17, 15) is 9.18 Å². The number of aromatic amines is 1. The van der Waals surface area contributed by atoms with Crippen LogP contribution in [0.1, 0.15) is 5.56 Å². The van der Waals surface area contributed by atoms with Gasteiger partial charge in [0.25, 0.3) is 5.56 Å². The average molecular weight is 325 g/mol. The number of hydrogen-bond acceptors (Lipinski definition) is 4. The molecule has 0 amide bonds. The molecule has 0 aliphatic heterocycles. The number of methoxy groups -OCH3 is 1. The van der Waals surface area contributed by atoms with Crippen LogP contribution in [0.2, 0.25) is 0 Å². The maximum Gasteiger partial charge on any atom is 0.257 e. The van der Waals surface area contributed by atoms with E-state index in [2.05, 4.69) is 10.3 Å². The Morgan fingerprint density at radius 2 is 1.96 bits per heavy atom. The number of aromatic nitrogens is 1. The van der Waals surface area contributed by atoms with Gasteiger partial charge in [-0.05, 0) is 48.5 Å². The van der Waals surface area contributed by atoms with Gasteiger partial charge in [0.15, 0.2) is 0 Å². The van der Waals surface area contributed by atoms with Crippen LogP contribution < -0.4 is 21.3 Å². The molecule has 6 heteroatoms. The fourth-order valence-corrected chi connectivity index (χ4v) is 2.32. The Hall–Kier alpha value is -3.28. The van der Waals surface area contributed by atoms with Gasteiger partial charge < -0.3 is 20.8 Å². The van der Waals surface area contributed by atoms with Crippen molar-refractivity contribution in [2.45, 2.75) is 0 Å². The van der Waals surface area contributed by atoms with Gasteiger partial charge in [0, 0.05) is 22.8 Å². The number of rotatable bonds is 4. The molecule has 24 heavy (non-hydrogen) atoms. The van der Waals surface area contributed by atoms with E-state index in [1.165, 1.54) is 24.4 Å². The monoisotopic (exact) mass is 325 g/mol. The van der Waals surface area contributed by atoms with Crippen molar-refractivity contribution in [2.75, 3.05) is 12.4 Å². The van der Waals surface area contributed by atoms with Crippen molar-refractivity contribution in [1.29, 1.82) is 0 Å². The molecule has 0 aliphatic carbocycles. The van der Waals surface area contributed by atoms with Gasteiger partial charge in [-0.1, -0.05) is 0 Å². The maximum absolute atomic E-state index is 13.3. The number of H-pyrrole nitrogens is 1. The van der Waals surface area contributed by atoms with Crippen LogP contribution in [0.15, 0.2) is 59.5 Å². The number of nitrogens with one attached hydrogen (secondary N) is 2. The highest BCUT2D eigenvalue weighted by Gasteiger charge is 2.06. The standard InChI is InChI=1S/C18H16FN3O2/c1-24-14-5-3-13(4-6-14)21-10-16(20)15-9-11-8-12(19)2-7-17(11)22-18(15)23/h2-10,21H,20H2,1H3,(H,22,23)/b16-10-. The van der Waals surface area contributed by atoms with Gasteiger partial charge in [-0.2, -0.15) is 0 Å². The van der Waals surface area contributed by atoms with Gasteiger partial charge in [0.1, 0.15) is 11.6 Å². The number of hydrogen-bond donors (Lipinski definition) is 3. The SMILES string of the molecule is COc1ccc(N/C=C(\N)c2cc3cc(F)ccc3[nH]c2=O)cc1. The van der Waals surface area contributed by atoms with E-state index in [1.54, 1.807) is 25.3 Å². The second-order valence-corrected chi connectivity index (χ2v) is 5.22. The van der Waals surface area contributed by atoms with E-state index in [4.69, 9.17) is 10.5 Å². The van der Waals surface area contributed by atoms with Gasteiger partial charge in [-0.3, -0.25) is 4.79 Å². The Morgan fingerprint density at radius 1 is 1.21 bits per heavy atom. The molecule has 1 aromatic heterocycles. The van der Waals surface area contributed by atoms with Crippen molar-refractivity contribution in [3.63, 3.8) is 0 Å². The van der Waals surface area contributed by atoms with Crippen LogP contribution in [0, 0.1) is 5.82 Å². The lowest BCUT2D eigenvalue weighted by Gasteiger charge is -2.06. The third kappa shape index (κ3) is 3.22. The first-order chi connectivity index (χ1) is 11.6. The van der Waals surface area contributed by atoms with E-state index in [-0.39, 0.29) is 22.6 Å². The molecular weight excluding hydrogens is 309 g/mol. The Labute approximate surface area is 137 Å². The number of nitrogens with two attached hydrogens (primary N) is 1. The van der Waals surface area contributed by atoms with Crippen LogP contribution >= 0.6 is 0 Å². The van der Waals surface area contributed by atoms with E-state index >= 15 is 0 Å². The highest BCUT2D eigenvalue weighted by Crippen LogP contribution is 2.17. The number of pyridine rings is 1. The minimum Gasteiger partial charge on any atom is -0.497 e. The highest BCUT2D eigenvalue weighted by atomic mass is 19.1. The molecule has 0 bridgehead atoms. The summed E-state index contributed by atoms with van der Waals surface area (Å²) in [7, 11) is 1.59. The van der Waals surface area contributed by atoms with Gasteiger partial charge in [0.05, 0.1) is 18.4 Å². The van der Waals surface area contributed by atoms with Gasteiger partial charge in [-0.15, -0.1) is 0 Å². The molecule has 0 saturated heterocycles. The first-order valence-electron chi connectivity index (χ1n) is 7.26. The Kier molecular flexibility index (Phi) is 4.20. The average Bonchev–Trinajstić information content (AvgIpc) is 2.60. The molecule has 5 nitrogen and oxygen atoms in total. The lowest BCUT2D eigenvalue weighted by atomic mass is 10.1. The summed E-state index contributed by atoms with van der Waals surface area (Å²) in [6.07, 6.45) is 1.53. The van der Waals surface area contributed by atoms with Crippen molar-refractivity contribution >= 4 is 22.3 Å². The quantitative estimate of drug-likeness (QED) is 0.689. The first kappa shape index (κ1) is 15.6. The number of ether oxygens (including phenoxy) is 1. The molecule has 3 aromatic rings. The van der Waals surface area contributed by atoms with E-state index < -0.39 is 0 Å². The smallest absolute Gasteiger partial charge is 0.257 e. The zero-order chi connectivity index (χ0) is 17.1. The van der Waals surface area contributed by atoms with Crippen LogP contribution in [-0.2, 0) is 0 Å². The van der Waals surface area contributed by atoms with Crippen LogP contribution in [0.5, 0.6) is 5.75 Å². The fraction of sp³-hybridized carbons (Fsp3) is 0.0556. The van der Waals surface area contributed by atoms with Gasteiger partial charge in [0.2, 0.25) is 0 Å². The zero-order valence-corrected chi connectivity index (χ0v) is 13.0. The van der Waals surface area contributed by atoms with Crippen molar-refractivity contribution in [3.8, 4) is 5.75 Å². The number of fused-ring (bicyclic) bond motifs is 1. The zero-order valence-electron chi connectivity index (χ0n) is 13.0. The third-order valence-corrected chi connectivity index (χ3v) is 3.60. The molecular formula is C18H16FN3O2. The summed E-state index contributed by atoms with van der Waals surface area (Å²) in [6, 6.07) is 13.0. The second-order valence-electron chi connectivity index (χ2n) is 5.22. The summed E-state index contributed by atoms with van der Waals surface area (Å²) in [5.41, 5.74) is 7.53. The first-order valence-corrected chi connectivity index (χ1v) is 7.26. The molecule has 4 N–H and O–H groups in total. The van der Waals surface area contributed by atoms with Crippen molar-refractivity contribution in [2.24, 2.45) is 5.73 Å². The van der Waals surface area contributed by atoms with Crippen molar-refractivity contribution in [1.82, 2.24) is 4.98 Å². The summed E-state index contributed by atoms with van der Waals surface area (Å²) >= 11 is 0. The van der Waals surface area contributed by atoms with Crippen LogP contribution in [0.25, 0.3) is 16.6 Å². The Bertz CT molecular complexity index is 962. The van der Waals surface area contributed by atoms with Crippen LogP contribution in [0.4, 0.5) is 10.1 Å². The second kappa shape index (κ2) is 6.45. The third-order valence-electron chi connectivity index (χ3n) is 3.60. The maximum atomic E-state index is 13.3. The fourth-order valence-electron chi connectivity index (χ4n) is 2.32. The largest absolute Gasteiger partial charge is 0.497 e. The summed E-state index contributed by atoms with van der Waals surface area (Å²) in [5.74, 6) is 0.366. The molecule has 0 unspecified atom stereocenters. The van der Waals surface area contributed by atoms with Crippen molar-refractivity contribution < 1.29 is 9.13 Å². The van der Waals surface area contributed by atoms with Gasteiger partial charge >= 0.3 is 0 Å². The summed E-state index contributed by atoms with van der Waals surface area (Å²) in [4.78, 5) is 14.8. The van der Waals surface area contributed by atoms with E-state index in [0.29, 0.717) is 10.9 Å². The number of anilines is 1. The predicted molar refractivity (Wildman–Crippen MR) is 93.3 cm³/mol. The lowest BCUT2D eigenvalue weighted by Crippen LogP contribution is -2.15. The topological polar surface area (TPSA) is 80.1 Å². The number of halogens is 1. The Morgan fingerprint density at radius 3 is 2.67 bits per heavy atom. The lowest BCUT2D eigenvalue weighted by molar-refractivity contribution is 0.415.